The quantitative estimate of drug-likeness (QED) is 0.0703. The molecule has 0 N–H and O–H groups in total. The summed E-state index contributed by atoms with van der Waals surface area (Å²) < 4.78 is 12.3. The second-order valence-corrected chi connectivity index (χ2v) is 9.42. The number of allylic oxidation sites excluding steroid dienone is 3. The Bertz CT molecular complexity index is 359. The highest BCUT2D eigenvalue weighted by Crippen LogP contribution is 2.15. The van der Waals surface area contributed by atoms with E-state index in [9.17, 15) is 0 Å². The molecule has 0 rings (SSSR count). The van der Waals surface area contributed by atoms with Gasteiger partial charge in [0.25, 0.3) is 0 Å². The summed E-state index contributed by atoms with van der Waals surface area (Å²) in [5.74, 6) is 0. The number of ether oxygens (including phenoxy) is 2. The van der Waals surface area contributed by atoms with Gasteiger partial charge in [0.15, 0.2) is 6.29 Å². The van der Waals surface area contributed by atoms with Gasteiger partial charge in [-0.3, -0.25) is 0 Å². The predicted molar refractivity (Wildman–Crippen MR) is 143 cm³/mol. The minimum atomic E-state index is 0.0259. The van der Waals surface area contributed by atoms with Crippen molar-refractivity contribution >= 4 is 0 Å². The summed E-state index contributed by atoms with van der Waals surface area (Å²) in [4.78, 5) is 0. The van der Waals surface area contributed by atoms with Gasteiger partial charge in [0.1, 0.15) is 0 Å². The summed E-state index contributed by atoms with van der Waals surface area (Å²) in [5.41, 5.74) is 0. The van der Waals surface area contributed by atoms with E-state index in [1.165, 1.54) is 128 Å². The molecule has 2 nitrogen and oxygen atoms in total. The molecular formula is C30H58O2. The zero-order valence-electron chi connectivity index (χ0n) is 22.1. The van der Waals surface area contributed by atoms with Gasteiger partial charge in [-0.1, -0.05) is 135 Å². The molecule has 0 saturated heterocycles. The van der Waals surface area contributed by atoms with Crippen LogP contribution in [-0.2, 0) is 9.47 Å². The second-order valence-electron chi connectivity index (χ2n) is 9.42. The van der Waals surface area contributed by atoms with Crippen LogP contribution < -0.4 is 0 Å². The van der Waals surface area contributed by atoms with Crippen molar-refractivity contribution in [2.75, 3.05) is 13.2 Å². The van der Waals surface area contributed by atoms with Gasteiger partial charge >= 0.3 is 0 Å². The highest BCUT2D eigenvalue weighted by Gasteiger charge is 2.09. The normalized spacial score (nSPS) is 11.7. The zero-order valence-corrected chi connectivity index (χ0v) is 22.1. The van der Waals surface area contributed by atoms with Gasteiger partial charge in [0, 0.05) is 13.2 Å². The van der Waals surface area contributed by atoms with Gasteiger partial charge < -0.3 is 9.47 Å². The van der Waals surface area contributed by atoms with Crippen molar-refractivity contribution in [1.29, 1.82) is 0 Å². The SMILES string of the molecule is C=C/C=C\CCCCCCCCCC(OCCCCCCCC)OCCCCCCCC. The first kappa shape index (κ1) is 31.4. The van der Waals surface area contributed by atoms with Crippen molar-refractivity contribution in [1.82, 2.24) is 0 Å². The number of unbranched alkanes of at least 4 members (excludes halogenated alkanes) is 17. The van der Waals surface area contributed by atoms with E-state index in [-0.39, 0.29) is 6.29 Å². The van der Waals surface area contributed by atoms with E-state index in [0.29, 0.717) is 0 Å². The Morgan fingerprint density at radius 2 is 1.00 bits per heavy atom. The van der Waals surface area contributed by atoms with Crippen LogP contribution in [0.2, 0.25) is 0 Å². The molecule has 0 heterocycles. The Morgan fingerprint density at radius 1 is 0.562 bits per heavy atom. The van der Waals surface area contributed by atoms with Crippen LogP contribution in [0, 0.1) is 0 Å². The highest BCUT2D eigenvalue weighted by molar-refractivity contribution is 4.96. The molecule has 190 valence electrons. The second kappa shape index (κ2) is 28.4. The molecule has 0 unspecified atom stereocenters. The van der Waals surface area contributed by atoms with Crippen LogP contribution in [0.25, 0.3) is 0 Å². The topological polar surface area (TPSA) is 18.5 Å². The molecule has 0 atom stereocenters. The fourth-order valence-electron chi connectivity index (χ4n) is 4.06. The van der Waals surface area contributed by atoms with Crippen LogP contribution in [-0.4, -0.2) is 19.5 Å². The number of hydrogen-bond donors (Lipinski definition) is 0. The minimum Gasteiger partial charge on any atom is -0.353 e. The molecule has 0 aromatic carbocycles. The van der Waals surface area contributed by atoms with Gasteiger partial charge in [0.2, 0.25) is 0 Å². The maximum absolute atomic E-state index is 6.15. The van der Waals surface area contributed by atoms with Gasteiger partial charge in [0.05, 0.1) is 0 Å². The van der Waals surface area contributed by atoms with Gasteiger partial charge in [-0.2, -0.15) is 0 Å². The third-order valence-electron chi connectivity index (χ3n) is 6.19. The van der Waals surface area contributed by atoms with Crippen LogP contribution in [0.15, 0.2) is 24.8 Å². The lowest BCUT2D eigenvalue weighted by Gasteiger charge is -2.19. The largest absolute Gasteiger partial charge is 0.353 e. The molecule has 2 heteroatoms. The molecule has 0 bridgehead atoms. The molecule has 0 aliphatic carbocycles. The summed E-state index contributed by atoms with van der Waals surface area (Å²) in [6.45, 7) is 10.0. The molecule has 0 fully saturated rings. The maximum atomic E-state index is 6.15. The van der Waals surface area contributed by atoms with Crippen molar-refractivity contribution in [3.05, 3.63) is 24.8 Å². The minimum absolute atomic E-state index is 0.0259. The van der Waals surface area contributed by atoms with Crippen LogP contribution in [0.1, 0.15) is 149 Å². The average molecular weight is 451 g/mol. The average Bonchev–Trinajstić information content (AvgIpc) is 2.80. The van der Waals surface area contributed by atoms with Crippen LogP contribution in [0.3, 0.4) is 0 Å². The van der Waals surface area contributed by atoms with Crippen molar-refractivity contribution in [2.45, 2.75) is 155 Å². The van der Waals surface area contributed by atoms with Crippen molar-refractivity contribution < 1.29 is 9.47 Å². The lowest BCUT2D eigenvalue weighted by molar-refractivity contribution is -0.148. The maximum Gasteiger partial charge on any atom is 0.157 e. The molecule has 0 aliphatic heterocycles. The molecule has 0 aromatic heterocycles. The van der Waals surface area contributed by atoms with E-state index in [1.54, 1.807) is 0 Å². The van der Waals surface area contributed by atoms with Crippen LogP contribution in [0.4, 0.5) is 0 Å². The first-order valence-corrected chi connectivity index (χ1v) is 14.4. The molecule has 0 spiro atoms. The van der Waals surface area contributed by atoms with Crippen molar-refractivity contribution in [3.63, 3.8) is 0 Å². The smallest absolute Gasteiger partial charge is 0.157 e. The lowest BCUT2D eigenvalue weighted by atomic mass is 10.1. The Kier molecular flexibility index (Phi) is 27.9. The van der Waals surface area contributed by atoms with E-state index in [1.807, 2.05) is 6.08 Å². The summed E-state index contributed by atoms with van der Waals surface area (Å²) >= 11 is 0. The number of hydrogen-bond acceptors (Lipinski definition) is 2. The molecule has 0 radical (unpaired) electrons. The molecular weight excluding hydrogens is 392 g/mol. The fraction of sp³-hybridized carbons (Fsp3) is 0.867. The Morgan fingerprint density at radius 3 is 1.50 bits per heavy atom. The summed E-state index contributed by atoms with van der Waals surface area (Å²) in [5, 5.41) is 0. The Labute approximate surface area is 202 Å². The summed E-state index contributed by atoms with van der Waals surface area (Å²) in [6.07, 6.45) is 33.5. The van der Waals surface area contributed by atoms with E-state index in [4.69, 9.17) is 9.47 Å². The van der Waals surface area contributed by atoms with Crippen LogP contribution >= 0.6 is 0 Å². The Balaban J connectivity index is 3.82. The Hall–Kier alpha value is -0.600. The first-order chi connectivity index (χ1) is 15.8. The van der Waals surface area contributed by atoms with E-state index >= 15 is 0 Å². The van der Waals surface area contributed by atoms with Gasteiger partial charge in [-0.15, -0.1) is 0 Å². The predicted octanol–water partition coefficient (Wildman–Crippen LogP) is 10.3. The van der Waals surface area contributed by atoms with Gasteiger partial charge in [-0.05, 0) is 38.5 Å². The fourth-order valence-corrected chi connectivity index (χ4v) is 4.06. The molecule has 0 amide bonds. The van der Waals surface area contributed by atoms with E-state index in [0.717, 1.165) is 19.6 Å². The monoisotopic (exact) mass is 450 g/mol. The summed E-state index contributed by atoms with van der Waals surface area (Å²) in [7, 11) is 0. The summed E-state index contributed by atoms with van der Waals surface area (Å²) in [6, 6.07) is 0. The van der Waals surface area contributed by atoms with Crippen LogP contribution in [0.5, 0.6) is 0 Å². The standard InChI is InChI=1S/C30H58O2/c1-4-7-10-13-16-17-18-19-20-21-24-27-30(31-28-25-22-14-11-8-5-2)32-29-26-23-15-12-9-6-3/h4,7,10,30H,1,5-6,8-9,11-29H2,2-3H3/b10-7-. The number of rotatable bonds is 27. The molecule has 0 aromatic rings. The highest BCUT2D eigenvalue weighted by atomic mass is 16.7. The molecule has 32 heavy (non-hydrogen) atoms. The third-order valence-corrected chi connectivity index (χ3v) is 6.19. The van der Waals surface area contributed by atoms with Crippen molar-refractivity contribution in [2.24, 2.45) is 0 Å². The third kappa shape index (κ3) is 25.7. The lowest BCUT2D eigenvalue weighted by Crippen LogP contribution is -2.19. The van der Waals surface area contributed by atoms with Crippen molar-refractivity contribution in [3.8, 4) is 0 Å². The van der Waals surface area contributed by atoms with Gasteiger partial charge in [-0.25, -0.2) is 0 Å². The van der Waals surface area contributed by atoms with E-state index in [2.05, 4.69) is 32.6 Å². The molecule has 0 saturated carbocycles. The zero-order chi connectivity index (χ0) is 23.4. The van der Waals surface area contributed by atoms with E-state index < -0.39 is 0 Å². The first-order valence-electron chi connectivity index (χ1n) is 14.4. The molecule has 0 aliphatic rings.